The average molecular weight is 318 g/mol. The molecule has 3 rings (SSSR count). The van der Waals surface area contributed by atoms with E-state index in [2.05, 4.69) is 10.6 Å². The van der Waals surface area contributed by atoms with Crippen molar-refractivity contribution in [1.82, 2.24) is 10.6 Å². The molecule has 0 saturated heterocycles. The minimum absolute atomic E-state index is 0.00873. The predicted molar refractivity (Wildman–Crippen MR) is 85.3 cm³/mol. The lowest BCUT2D eigenvalue weighted by Gasteiger charge is -2.24. The van der Waals surface area contributed by atoms with E-state index in [1.807, 2.05) is 0 Å². The quantitative estimate of drug-likeness (QED) is 0.758. The summed E-state index contributed by atoms with van der Waals surface area (Å²) in [6.45, 7) is 1.14. The molecular weight excluding hydrogens is 295 g/mol. The second-order valence-electron chi connectivity index (χ2n) is 6.62. The third-order valence-corrected chi connectivity index (χ3v) is 5.00. The van der Waals surface area contributed by atoms with E-state index in [0.29, 0.717) is 13.1 Å². The topological polar surface area (TPSA) is 58.2 Å². The van der Waals surface area contributed by atoms with Gasteiger partial charge in [-0.2, -0.15) is 0 Å². The predicted octanol–water partition coefficient (Wildman–Crippen LogP) is 2.28. The Bertz CT molecular complexity index is 577. The molecule has 0 aliphatic heterocycles. The van der Waals surface area contributed by atoms with Gasteiger partial charge >= 0.3 is 0 Å². The lowest BCUT2D eigenvalue weighted by molar-refractivity contribution is -0.127. The number of nitrogens with one attached hydrogen (secondary N) is 2. The summed E-state index contributed by atoms with van der Waals surface area (Å²) in [6, 6.07) is 6.19. The van der Waals surface area contributed by atoms with Gasteiger partial charge in [-0.15, -0.1) is 0 Å². The minimum Gasteiger partial charge on any atom is -0.356 e. The van der Waals surface area contributed by atoms with E-state index in [9.17, 15) is 14.0 Å². The van der Waals surface area contributed by atoms with Gasteiger partial charge in [-0.3, -0.25) is 9.59 Å². The van der Waals surface area contributed by atoms with E-state index in [4.69, 9.17) is 0 Å². The molecular formula is C18H23FN2O2. The first-order chi connectivity index (χ1) is 11.1. The lowest BCUT2D eigenvalue weighted by Crippen LogP contribution is -2.38. The Balaban J connectivity index is 1.39. The van der Waals surface area contributed by atoms with Gasteiger partial charge in [0.25, 0.3) is 0 Å². The summed E-state index contributed by atoms with van der Waals surface area (Å²) < 4.78 is 13.0. The number of benzene rings is 1. The molecule has 2 fully saturated rings. The summed E-state index contributed by atoms with van der Waals surface area (Å²) >= 11 is 0. The first-order valence-electron chi connectivity index (χ1n) is 8.44. The highest BCUT2D eigenvalue weighted by molar-refractivity contribution is 5.91. The van der Waals surface area contributed by atoms with Crippen LogP contribution in [0.25, 0.3) is 0 Å². The van der Waals surface area contributed by atoms with Crippen LogP contribution < -0.4 is 10.6 Å². The Morgan fingerprint density at radius 2 is 1.74 bits per heavy atom. The number of hydrogen-bond acceptors (Lipinski definition) is 2. The molecule has 2 aliphatic rings. The Kier molecular flexibility index (Phi) is 4.64. The molecule has 0 bridgehead atoms. The molecule has 5 heteroatoms. The second-order valence-corrected chi connectivity index (χ2v) is 6.62. The number of amides is 2. The molecule has 0 unspecified atom stereocenters. The maximum atomic E-state index is 13.0. The molecule has 4 nitrogen and oxygen atoms in total. The van der Waals surface area contributed by atoms with Gasteiger partial charge in [0.05, 0.1) is 5.41 Å². The van der Waals surface area contributed by atoms with E-state index < -0.39 is 5.41 Å². The van der Waals surface area contributed by atoms with Crippen molar-refractivity contribution >= 4 is 11.8 Å². The maximum absolute atomic E-state index is 13.0. The van der Waals surface area contributed by atoms with Crippen LogP contribution in [0.4, 0.5) is 4.39 Å². The Morgan fingerprint density at radius 1 is 1.09 bits per heavy atom. The number of carbonyl (C=O) groups excluding carboxylic acids is 2. The third-order valence-electron chi connectivity index (χ3n) is 5.00. The minimum atomic E-state index is -0.469. The molecule has 2 saturated carbocycles. The zero-order valence-corrected chi connectivity index (χ0v) is 13.2. The van der Waals surface area contributed by atoms with Crippen molar-refractivity contribution in [2.24, 2.45) is 5.92 Å². The van der Waals surface area contributed by atoms with E-state index >= 15 is 0 Å². The van der Waals surface area contributed by atoms with Gasteiger partial charge in [0.15, 0.2) is 0 Å². The normalized spacial score (nSPS) is 18.8. The molecule has 0 atom stereocenters. The zero-order valence-electron chi connectivity index (χ0n) is 13.2. The highest BCUT2D eigenvalue weighted by Crippen LogP contribution is 2.48. The number of carbonyl (C=O) groups is 2. The SMILES string of the molecule is O=C(NCCCNC(=O)C1(c2ccc(F)cc2)CC1)C1CCC1. The van der Waals surface area contributed by atoms with Crippen LogP contribution in [-0.4, -0.2) is 24.9 Å². The lowest BCUT2D eigenvalue weighted by atomic mass is 9.85. The fourth-order valence-electron chi connectivity index (χ4n) is 3.03. The summed E-state index contributed by atoms with van der Waals surface area (Å²) in [6.07, 6.45) is 5.50. The standard InChI is InChI=1S/C18H23FN2O2/c19-15-7-5-14(6-8-15)18(9-10-18)17(23)21-12-2-11-20-16(22)13-3-1-4-13/h5-8,13H,1-4,9-12H2,(H,20,22)(H,21,23). The number of hydrogen-bond donors (Lipinski definition) is 2. The molecule has 2 aliphatic carbocycles. The fraction of sp³-hybridized carbons (Fsp3) is 0.556. The molecule has 23 heavy (non-hydrogen) atoms. The van der Waals surface area contributed by atoms with Gasteiger partial charge in [-0.05, 0) is 49.8 Å². The third kappa shape index (κ3) is 3.54. The van der Waals surface area contributed by atoms with Crippen molar-refractivity contribution in [2.45, 2.75) is 43.9 Å². The number of rotatable bonds is 7. The Morgan fingerprint density at radius 3 is 2.30 bits per heavy atom. The van der Waals surface area contributed by atoms with Crippen LogP contribution >= 0.6 is 0 Å². The summed E-state index contributed by atoms with van der Waals surface area (Å²) in [5, 5.41) is 5.86. The van der Waals surface area contributed by atoms with Crippen LogP contribution in [0.3, 0.4) is 0 Å². The monoisotopic (exact) mass is 318 g/mol. The van der Waals surface area contributed by atoms with E-state index in [-0.39, 0.29) is 23.5 Å². The smallest absolute Gasteiger partial charge is 0.230 e. The van der Waals surface area contributed by atoms with Gasteiger partial charge in [-0.1, -0.05) is 18.6 Å². The highest BCUT2D eigenvalue weighted by Gasteiger charge is 2.50. The molecule has 2 amide bonds. The molecule has 124 valence electrons. The van der Waals surface area contributed by atoms with Crippen molar-refractivity contribution in [3.8, 4) is 0 Å². The molecule has 1 aromatic carbocycles. The molecule has 0 heterocycles. The van der Waals surface area contributed by atoms with Gasteiger partial charge in [0.1, 0.15) is 5.82 Å². The second kappa shape index (κ2) is 6.69. The molecule has 0 aromatic heterocycles. The van der Waals surface area contributed by atoms with Crippen molar-refractivity contribution < 1.29 is 14.0 Å². The molecule has 1 aromatic rings. The van der Waals surface area contributed by atoms with Crippen molar-refractivity contribution in [2.75, 3.05) is 13.1 Å². The zero-order chi connectivity index (χ0) is 16.3. The van der Waals surface area contributed by atoms with Gasteiger partial charge in [0, 0.05) is 19.0 Å². The first-order valence-corrected chi connectivity index (χ1v) is 8.44. The Hall–Kier alpha value is -1.91. The number of halogens is 1. The van der Waals surface area contributed by atoms with Crippen molar-refractivity contribution in [1.29, 1.82) is 0 Å². The molecule has 2 N–H and O–H groups in total. The van der Waals surface area contributed by atoms with E-state index in [1.165, 1.54) is 12.1 Å². The molecule has 0 radical (unpaired) electrons. The maximum Gasteiger partial charge on any atom is 0.230 e. The summed E-state index contributed by atoms with van der Waals surface area (Å²) in [7, 11) is 0. The van der Waals surface area contributed by atoms with Crippen LogP contribution in [0.2, 0.25) is 0 Å². The van der Waals surface area contributed by atoms with Crippen LogP contribution in [-0.2, 0) is 15.0 Å². The van der Waals surface area contributed by atoms with Crippen molar-refractivity contribution in [3.63, 3.8) is 0 Å². The highest BCUT2D eigenvalue weighted by atomic mass is 19.1. The van der Waals surface area contributed by atoms with Gasteiger partial charge < -0.3 is 10.6 Å². The average Bonchev–Trinajstić information content (AvgIpc) is 3.27. The first kappa shape index (κ1) is 16.0. The van der Waals surface area contributed by atoms with Gasteiger partial charge in [0.2, 0.25) is 11.8 Å². The summed E-state index contributed by atoms with van der Waals surface area (Å²) in [5.74, 6) is 0.0759. The summed E-state index contributed by atoms with van der Waals surface area (Å²) in [5.41, 5.74) is 0.415. The van der Waals surface area contributed by atoms with E-state index in [1.54, 1.807) is 12.1 Å². The van der Waals surface area contributed by atoms with Crippen LogP contribution in [0.1, 0.15) is 44.1 Å². The molecule has 0 spiro atoms. The van der Waals surface area contributed by atoms with Crippen LogP contribution in [0.5, 0.6) is 0 Å². The van der Waals surface area contributed by atoms with E-state index in [0.717, 1.165) is 44.1 Å². The van der Waals surface area contributed by atoms with Crippen molar-refractivity contribution in [3.05, 3.63) is 35.6 Å². The fourth-order valence-corrected chi connectivity index (χ4v) is 3.03. The van der Waals surface area contributed by atoms with Crippen LogP contribution in [0, 0.1) is 11.7 Å². The Labute approximate surface area is 135 Å². The summed E-state index contributed by atoms with van der Waals surface area (Å²) in [4.78, 5) is 24.1. The largest absolute Gasteiger partial charge is 0.356 e. The van der Waals surface area contributed by atoms with Crippen LogP contribution in [0.15, 0.2) is 24.3 Å². The van der Waals surface area contributed by atoms with Gasteiger partial charge in [-0.25, -0.2) is 4.39 Å².